The lowest BCUT2D eigenvalue weighted by Gasteiger charge is -2.17. The molecule has 0 spiro atoms. The Kier molecular flexibility index (Phi) is 5.40. The largest absolute Gasteiger partial charge is 0.508 e. The first-order chi connectivity index (χ1) is 13.0. The first-order valence-corrected chi connectivity index (χ1v) is 8.65. The van der Waals surface area contributed by atoms with E-state index in [-0.39, 0.29) is 30.5 Å². The summed E-state index contributed by atoms with van der Waals surface area (Å²) in [6.45, 7) is 2.28. The van der Waals surface area contributed by atoms with E-state index in [1.54, 1.807) is 43.3 Å². The number of carbonyl (C=O) groups is 3. The molecule has 0 saturated carbocycles. The van der Waals surface area contributed by atoms with Crippen LogP contribution in [0.2, 0.25) is 0 Å². The third-order valence-electron chi connectivity index (χ3n) is 4.30. The zero-order valence-electron chi connectivity index (χ0n) is 14.8. The molecule has 2 N–H and O–H groups in total. The Hall–Kier alpha value is -3.35. The maximum Gasteiger partial charge on any atom is 0.338 e. The van der Waals surface area contributed by atoms with Crippen LogP contribution >= 0.6 is 0 Å². The van der Waals surface area contributed by atoms with Crippen LogP contribution in [0.3, 0.4) is 0 Å². The van der Waals surface area contributed by atoms with Crippen LogP contribution < -0.4 is 10.2 Å². The molecule has 7 heteroatoms. The van der Waals surface area contributed by atoms with Crippen molar-refractivity contribution in [2.24, 2.45) is 5.92 Å². The number of nitrogens with zero attached hydrogens (tertiary/aromatic N) is 1. The molecular weight excluding hydrogens is 348 g/mol. The highest BCUT2D eigenvalue weighted by Crippen LogP contribution is 2.27. The number of ether oxygens (including phenoxy) is 1. The van der Waals surface area contributed by atoms with Crippen LogP contribution in [-0.2, 0) is 14.3 Å². The lowest BCUT2D eigenvalue weighted by Crippen LogP contribution is -2.28. The molecule has 2 aromatic rings. The van der Waals surface area contributed by atoms with Gasteiger partial charge in [0.2, 0.25) is 11.8 Å². The number of hydrogen-bond acceptors (Lipinski definition) is 5. The normalized spacial score (nSPS) is 16.3. The lowest BCUT2D eigenvalue weighted by atomic mass is 10.1. The van der Waals surface area contributed by atoms with Gasteiger partial charge in [0.1, 0.15) is 5.75 Å². The minimum absolute atomic E-state index is 0.0543. The predicted octanol–water partition coefficient (Wildman–Crippen LogP) is 2.56. The van der Waals surface area contributed by atoms with E-state index in [1.807, 2.05) is 0 Å². The Morgan fingerprint density at radius 3 is 2.63 bits per heavy atom. The molecule has 1 atom stereocenters. The highest BCUT2D eigenvalue weighted by atomic mass is 16.5. The summed E-state index contributed by atoms with van der Waals surface area (Å²) in [6, 6.07) is 12.8. The van der Waals surface area contributed by atoms with Gasteiger partial charge in [0.25, 0.3) is 0 Å². The number of anilines is 2. The molecule has 0 bridgehead atoms. The first kappa shape index (κ1) is 18.4. The molecule has 2 amide bonds. The highest BCUT2D eigenvalue weighted by Gasteiger charge is 2.35. The van der Waals surface area contributed by atoms with Crippen LogP contribution in [0.25, 0.3) is 0 Å². The molecular formula is C20H20N2O5. The molecule has 0 aliphatic carbocycles. The van der Waals surface area contributed by atoms with Crippen LogP contribution in [0.1, 0.15) is 23.7 Å². The number of amides is 2. The number of phenols is 1. The predicted molar refractivity (Wildman–Crippen MR) is 99.6 cm³/mol. The number of benzene rings is 2. The average Bonchev–Trinajstić information content (AvgIpc) is 3.04. The Bertz CT molecular complexity index is 863. The Morgan fingerprint density at radius 2 is 1.96 bits per heavy atom. The lowest BCUT2D eigenvalue weighted by molar-refractivity contribution is -0.122. The zero-order chi connectivity index (χ0) is 19.4. The molecule has 0 unspecified atom stereocenters. The monoisotopic (exact) mass is 368 g/mol. The van der Waals surface area contributed by atoms with Gasteiger partial charge < -0.3 is 20.1 Å². The van der Waals surface area contributed by atoms with E-state index >= 15 is 0 Å². The second-order valence-corrected chi connectivity index (χ2v) is 6.21. The number of esters is 1. The van der Waals surface area contributed by atoms with E-state index in [4.69, 9.17) is 4.74 Å². The first-order valence-electron chi connectivity index (χ1n) is 8.65. The van der Waals surface area contributed by atoms with Crippen molar-refractivity contribution in [1.29, 1.82) is 0 Å². The van der Waals surface area contributed by atoms with Gasteiger partial charge >= 0.3 is 5.97 Å². The Labute approximate surface area is 156 Å². The van der Waals surface area contributed by atoms with Gasteiger partial charge in [-0.25, -0.2) is 4.79 Å². The molecule has 27 heavy (non-hydrogen) atoms. The molecule has 1 aliphatic heterocycles. The molecule has 2 aromatic carbocycles. The van der Waals surface area contributed by atoms with Crippen molar-refractivity contribution in [3.05, 3.63) is 54.1 Å². The van der Waals surface area contributed by atoms with E-state index in [0.29, 0.717) is 23.5 Å². The molecule has 1 heterocycles. The van der Waals surface area contributed by atoms with Gasteiger partial charge in [0, 0.05) is 30.4 Å². The number of phenolic OH excluding ortho intramolecular Hbond substituents is 1. The van der Waals surface area contributed by atoms with Crippen molar-refractivity contribution in [3.8, 4) is 5.75 Å². The van der Waals surface area contributed by atoms with Crippen LogP contribution in [0, 0.1) is 5.92 Å². The van der Waals surface area contributed by atoms with E-state index in [9.17, 15) is 19.5 Å². The Morgan fingerprint density at radius 1 is 1.22 bits per heavy atom. The number of aromatic hydroxyl groups is 1. The van der Waals surface area contributed by atoms with Gasteiger partial charge in [-0.1, -0.05) is 6.07 Å². The van der Waals surface area contributed by atoms with Gasteiger partial charge in [0.15, 0.2) is 0 Å². The van der Waals surface area contributed by atoms with Crippen LogP contribution in [0.5, 0.6) is 5.75 Å². The van der Waals surface area contributed by atoms with Crippen molar-refractivity contribution in [3.63, 3.8) is 0 Å². The SMILES string of the molecule is CCOC(=O)c1ccc(N2C[C@H](C(=O)Nc3cccc(O)c3)CC2=O)cc1. The number of carbonyl (C=O) groups excluding carboxylic acids is 3. The van der Waals surface area contributed by atoms with Gasteiger partial charge in [-0.05, 0) is 43.3 Å². The summed E-state index contributed by atoms with van der Waals surface area (Å²) in [7, 11) is 0. The second-order valence-electron chi connectivity index (χ2n) is 6.21. The highest BCUT2D eigenvalue weighted by molar-refractivity contribution is 6.03. The topological polar surface area (TPSA) is 95.9 Å². The maximum absolute atomic E-state index is 12.4. The summed E-state index contributed by atoms with van der Waals surface area (Å²) in [6.07, 6.45) is 0.101. The molecule has 1 fully saturated rings. The number of hydrogen-bond donors (Lipinski definition) is 2. The summed E-state index contributed by atoms with van der Waals surface area (Å²) in [5.41, 5.74) is 1.51. The van der Waals surface area contributed by atoms with Crippen LogP contribution in [0.15, 0.2) is 48.5 Å². The van der Waals surface area contributed by atoms with Gasteiger partial charge in [-0.3, -0.25) is 9.59 Å². The van der Waals surface area contributed by atoms with Crippen molar-refractivity contribution in [1.82, 2.24) is 0 Å². The van der Waals surface area contributed by atoms with Gasteiger partial charge in [-0.2, -0.15) is 0 Å². The van der Waals surface area contributed by atoms with Crippen LogP contribution in [-0.4, -0.2) is 36.0 Å². The van der Waals surface area contributed by atoms with Gasteiger partial charge in [-0.15, -0.1) is 0 Å². The van der Waals surface area contributed by atoms with Crippen LogP contribution in [0.4, 0.5) is 11.4 Å². The quantitative estimate of drug-likeness (QED) is 0.791. The fourth-order valence-corrected chi connectivity index (χ4v) is 2.95. The Balaban J connectivity index is 1.66. The fraction of sp³-hybridized carbons (Fsp3) is 0.250. The molecule has 1 saturated heterocycles. The summed E-state index contributed by atoms with van der Waals surface area (Å²) in [5, 5.41) is 12.2. The van der Waals surface area contributed by atoms with E-state index in [2.05, 4.69) is 5.32 Å². The summed E-state index contributed by atoms with van der Waals surface area (Å²) < 4.78 is 4.94. The molecule has 3 rings (SSSR count). The molecule has 0 aromatic heterocycles. The van der Waals surface area contributed by atoms with Gasteiger partial charge in [0.05, 0.1) is 18.1 Å². The summed E-state index contributed by atoms with van der Waals surface area (Å²) in [4.78, 5) is 38.0. The molecule has 140 valence electrons. The van der Waals surface area contributed by atoms with E-state index in [1.165, 1.54) is 17.0 Å². The number of rotatable bonds is 5. The fourth-order valence-electron chi connectivity index (χ4n) is 2.95. The molecule has 0 radical (unpaired) electrons. The maximum atomic E-state index is 12.4. The van der Waals surface area contributed by atoms with Crippen molar-refractivity contribution >= 4 is 29.2 Å². The van der Waals surface area contributed by atoms with Crippen molar-refractivity contribution in [2.45, 2.75) is 13.3 Å². The third-order valence-corrected chi connectivity index (χ3v) is 4.30. The minimum atomic E-state index is -0.496. The number of nitrogens with one attached hydrogen (secondary N) is 1. The smallest absolute Gasteiger partial charge is 0.338 e. The van der Waals surface area contributed by atoms with Crippen molar-refractivity contribution < 1.29 is 24.2 Å². The minimum Gasteiger partial charge on any atom is -0.508 e. The standard InChI is InChI=1S/C20H20N2O5/c1-2-27-20(26)13-6-8-16(9-7-13)22-12-14(10-18(22)24)19(25)21-15-4-3-5-17(23)11-15/h3-9,11,14,23H,2,10,12H2,1H3,(H,21,25)/t14-/m1/s1. The van der Waals surface area contributed by atoms with E-state index < -0.39 is 11.9 Å². The van der Waals surface area contributed by atoms with Crippen molar-refractivity contribution in [2.75, 3.05) is 23.4 Å². The summed E-state index contributed by atoms with van der Waals surface area (Å²) in [5.74, 6) is -1.29. The molecule has 1 aliphatic rings. The third kappa shape index (κ3) is 4.25. The summed E-state index contributed by atoms with van der Waals surface area (Å²) >= 11 is 0. The zero-order valence-corrected chi connectivity index (χ0v) is 14.8. The van der Waals surface area contributed by atoms with E-state index in [0.717, 1.165) is 0 Å². The molecule has 7 nitrogen and oxygen atoms in total. The second kappa shape index (κ2) is 7.90. The average molecular weight is 368 g/mol.